The number of nitrogens with one attached hydrogen (secondary N) is 1. The van der Waals surface area contributed by atoms with Gasteiger partial charge in [0.05, 0.1) is 5.56 Å². The SMILES string of the molecule is N#C/C(=C\c1ccc(N2CCCCC2)cc1)C(=O)Nc1sc2c(c1C#N)CCCC2. The molecule has 152 valence electrons. The van der Waals surface area contributed by atoms with Gasteiger partial charge in [0.2, 0.25) is 0 Å². The minimum Gasteiger partial charge on any atom is -0.372 e. The van der Waals surface area contributed by atoms with Gasteiger partial charge in [0.15, 0.2) is 0 Å². The highest BCUT2D eigenvalue weighted by Gasteiger charge is 2.22. The van der Waals surface area contributed by atoms with Crippen LogP contribution < -0.4 is 10.2 Å². The van der Waals surface area contributed by atoms with Crippen molar-refractivity contribution in [2.24, 2.45) is 0 Å². The Morgan fingerprint density at radius 2 is 1.77 bits per heavy atom. The molecule has 6 heteroatoms. The minimum atomic E-state index is -0.465. The lowest BCUT2D eigenvalue weighted by Crippen LogP contribution is -2.29. The summed E-state index contributed by atoms with van der Waals surface area (Å²) in [6.45, 7) is 2.15. The highest BCUT2D eigenvalue weighted by Crippen LogP contribution is 2.37. The Balaban J connectivity index is 1.50. The lowest BCUT2D eigenvalue weighted by atomic mass is 9.96. The minimum absolute atomic E-state index is 0.0379. The summed E-state index contributed by atoms with van der Waals surface area (Å²) in [6.07, 6.45) is 9.36. The first-order valence-corrected chi connectivity index (χ1v) is 11.3. The Bertz CT molecular complexity index is 1050. The number of hydrogen-bond donors (Lipinski definition) is 1. The Hall–Kier alpha value is -3.09. The van der Waals surface area contributed by atoms with Gasteiger partial charge in [0.25, 0.3) is 5.91 Å². The molecule has 1 amide bonds. The lowest BCUT2D eigenvalue weighted by molar-refractivity contribution is -0.112. The van der Waals surface area contributed by atoms with Crippen molar-refractivity contribution in [3.63, 3.8) is 0 Å². The second-order valence-corrected chi connectivity index (χ2v) is 8.90. The molecule has 4 rings (SSSR count). The summed E-state index contributed by atoms with van der Waals surface area (Å²) < 4.78 is 0. The van der Waals surface area contributed by atoms with E-state index in [1.807, 2.05) is 30.3 Å². The van der Waals surface area contributed by atoms with Crippen molar-refractivity contribution in [1.82, 2.24) is 0 Å². The van der Waals surface area contributed by atoms with Crippen LogP contribution in [0.3, 0.4) is 0 Å². The average Bonchev–Trinajstić information content (AvgIpc) is 3.15. The molecule has 1 aromatic carbocycles. The van der Waals surface area contributed by atoms with Gasteiger partial charge in [-0.05, 0) is 74.3 Å². The molecule has 2 heterocycles. The molecule has 1 aliphatic carbocycles. The van der Waals surface area contributed by atoms with E-state index in [4.69, 9.17) is 0 Å². The van der Waals surface area contributed by atoms with Crippen LogP contribution >= 0.6 is 11.3 Å². The van der Waals surface area contributed by atoms with Gasteiger partial charge in [-0.15, -0.1) is 11.3 Å². The number of benzene rings is 1. The van der Waals surface area contributed by atoms with Gasteiger partial charge in [-0.1, -0.05) is 12.1 Å². The largest absolute Gasteiger partial charge is 0.372 e. The van der Waals surface area contributed by atoms with Crippen LogP contribution in [-0.4, -0.2) is 19.0 Å². The summed E-state index contributed by atoms with van der Waals surface area (Å²) in [5.41, 5.74) is 3.66. The first-order chi connectivity index (χ1) is 14.7. The Labute approximate surface area is 181 Å². The van der Waals surface area contributed by atoms with Crippen LogP contribution in [0.5, 0.6) is 0 Å². The zero-order chi connectivity index (χ0) is 20.9. The van der Waals surface area contributed by atoms with Gasteiger partial charge in [0, 0.05) is 23.7 Å². The number of nitrogens with zero attached hydrogens (tertiary/aromatic N) is 3. The number of carbonyl (C=O) groups excluding carboxylic acids is 1. The molecule has 2 aliphatic rings. The van der Waals surface area contributed by atoms with Crippen LogP contribution in [0.2, 0.25) is 0 Å². The number of fused-ring (bicyclic) bond motifs is 1. The third-order valence-corrected chi connectivity index (χ3v) is 7.01. The monoisotopic (exact) mass is 416 g/mol. The molecule has 0 unspecified atom stereocenters. The fourth-order valence-corrected chi connectivity index (χ4v) is 5.43. The molecular formula is C24H24N4OS. The van der Waals surface area contributed by atoms with Gasteiger partial charge in [-0.25, -0.2) is 0 Å². The maximum Gasteiger partial charge on any atom is 0.266 e. The van der Waals surface area contributed by atoms with E-state index in [1.165, 1.54) is 41.2 Å². The van der Waals surface area contributed by atoms with Crippen molar-refractivity contribution in [3.05, 3.63) is 51.4 Å². The van der Waals surface area contributed by atoms with Crippen molar-refractivity contribution >= 4 is 34.0 Å². The second kappa shape index (κ2) is 9.15. The van der Waals surface area contributed by atoms with Crippen molar-refractivity contribution in [2.45, 2.75) is 44.9 Å². The number of thiophene rings is 1. The number of carbonyl (C=O) groups is 1. The van der Waals surface area contributed by atoms with E-state index in [-0.39, 0.29) is 5.57 Å². The van der Waals surface area contributed by atoms with Gasteiger partial charge >= 0.3 is 0 Å². The number of nitriles is 2. The van der Waals surface area contributed by atoms with Gasteiger partial charge < -0.3 is 10.2 Å². The first-order valence-electron chi connectivity index (χ1n) is 10.5. The van der Waals surface area contributed by atoms with E-state index in [2.05, 4.69) is 16.3 Å². The number of rotatable bonds is 4. The van der Waals surface area contributed by atoms with E-state index in [0.717, 1.165) is 49.9 Å². The fraction of sp³-hybridized carbons (Fsp3) is 0.375. The van der Waals surface area contributed by atoms with E-state index < -0.39 is 5.91 Å². The molecule has 2 aromatic rings. The second-order valence-electron chi connectivity index (χ2n) is 7.79. The number of hydrogen-bond acceptors (Lipinski definition) is 5. The predicted molar refractivity (Wildman–Crippen MR) is 120 cm³/mol. The molecule has 1 aliphatic heterocycles. The van der Waals surface area contributed by atoms with Crippen molar-refractivity contribution < 1.29 is 4.79 Å². The van der Waals surface area contributed by atoms with Crippen molar-refractivity contribution in [1.29, 1.82) is 10.5 Å². The summed E-state index contributed by atoms with van der Waals surface area (Å²) >= 11 is 1.47. The van der Waals surface area contributed by atoms with E-state index in [1.54, 1.807) is 6.08 Å². The lowest BCUT2D eigenvalue weighted by Gasteiger charge is -2.28. The molecule has 5 nitrogen and oxygen atoms in total. The fourth-order valence-electron chi connectivity index (χ4n) is 4.19. The van der Waals surface area contributed by atoms with Crippen molar-refractivity contribution in [2.75, 3.05) is 23.3 Å². The standard InChI is InChI=1S/C24H24N4OS/c25-15-18(14-17-8-10-19(11-9-17)28-12-4-1-5-13-28)23(29)27-24-21(16-26)20-6-2-3-7-22(20)30-24/h8-11,14H,1-7,12-13H2,(H,27,29)/b18-14+. The van der Waals surface area contributed by atoms with Crippen LogP contribution in [0.1, 0.15) is 53.7 Å². The Morgan fingerprint density at radius 3 is 2.47 bits per heavy atom. The molecule has 1 aromatic heterocycles. The van der Waals surface area contributed by atoms with Crippen LogP contribution in [0, 0.1) is 22.7 Å². The van der Waals surface area contributed by atoms with Crippen LogP contribution in [0.25, 0.3) is 6.08 Å². The Kier molecular flexibility index (Phi) is 6.16. The molecule has 0 atom stereocenters. The number of amides is 1. The van der Waals surface area contributed by atoms with Crippen LogP contribution in [0.4, 0.5) is 10.7 Å². The maximum absolute atomic E-state index is 12.7. The highest BCUT2D eigenvalue weighted by molar-refractivity contribution is 7.16. The van der Waals surface area contributed by atoms with E-state index in [9.17, 15) is 15.3 Å². The molecule has 0 spiro atoms. The zero-order valence-corrected chi connectivity index (χ0v) is 17.7. The zero-order valence-electron chi connectivity index (χ0n) is 16.9. The van der Waals surface area contributed by atoms with E-state index >= 15 is 0 Å². The molecular weight excluding hydrogens is 392 g/mol. The Morgan fingerprint density at radius 1 is 1.03 bits per heavy atom. The summed E-state index contributed by atoms with van der Waals surface area (Å²) in [5.74, 6) is -0.465. The smallest absolute Gasteiger partial charge is 0.266 e. The molecule has 1 saturated heterocycles. The molecule has 1 N–H and O–H groups in total. The van der Waals surface area contributed by atoms with Gasteiger partial charge in [-0.2, -0.15) is 10.5 Å². The van der Waals surface area contributed by atoms with Crippen LogP contribution in [-0.2, 0) is 17.6 Å². The predicted octanol–water partition coefficient (Wildman–Crippen LogP) is 5.03. The highest BCUT2D eigenvalue weighted by atomic mass is 32.1. The van der Waals surface area contributed by atoms with Gasteiger partial charge in [0.1, 0.15) is 22.7 Å². The quantitative estimate of drug-likeness (QED) is 0.560. The summed E-state index contributed by atoms with van der Waals surface area (Å²) in [4.78, 5) is 16.3. The molecule has 30 heavy (non-hydrogen) atoms. The van der Waals surface area contributed by atoms with Crippen LogP contribution in [0.15, 0.2) is 29.8 Å². The summed E-state index contributed by atoms with van der Waals surface area (Å²) in [5, 5.41) is 22.5. The topological polar surface area (TPSA) is 79.9 Å². The molecule has 0 bridgehead atoms. The number of anilines is 2. The summed E-state index contributed by atoms with van der Waals surface area (Å²) in [6, 6.07) is 12.2. The average molecular weight is 417 g/mol. The molecule has 0 saturated carbocycles. The van der Waals surface area contributed by atoms with Crippen molar-refractivity contribution in [3.8, 4) is 12.1 Å². The first kappa shape index (κ1) is 20.2. The van der Waals surface area contributed by atoms with E-state index in [0.29, 0.717) is 10.6 Å². The summed E-state index contributed by atoms with van der Waals surface area (Å²) in [7, 11) is 0. The molecule has 0 radical (unpaired) electrons. The maximum atomic E-state index is 12.7. The third-order valence-electron chi connectivity index (χ3n) is 5.80. The normalized spacial score (nSPS) is 16.3. The number of piperidine rings is 1. The number of aryl methyl sites for hydroxylation is 1. The third kappa shape index (κ3) is 4.25. The van der Waals surface area contributed by atoms with Gasteiger partial charge in [-0.3, -0.25) is 4.79 Å². The molecule has 1 fully saturated rings.